The van der Waals surface area contributed by atoms with Crippen molar-refractivity contribution in [3.63, 3.8) is 0 Å². The van der Waals surface area contributed by atoms with Crippen LogP contribution in [0.5, 0.6) is 0 Å². The second-order valence-electron chi connectivity index (χ2n) is 17.1. The minimum absolute atomic E-state index is 0.455. The Morgan fingerprint density at radius 2 is 0.730 bits per heavy atom. The maximum Gasteiger partial charge on any atom is 0.136 e. The van der Waals surface area contributed by atoms with Crippen LogP contribution in [0.25, 0.3) is 87.6 Å². The molecular formula is C61H37NO. The molecule has 2 nitrogen and oxygen atoms in total. The van der Waals surface area contributed by atoms with Crippen molar-refractivity contribution in [2.45, 2.75) is 5.41 Å². The van der Waals surface area contributed by atoms with E-state index >= 15 is 0 Å². The summed E-state index contributed by atoms with van der Waals surface area (Å²) in [6, 6.07) is 83.0. The van der Waals surface area contributed by atoms with Gasteiger partial charge in [-0.2, -0.15) is 0 Å². The van der Waals surface area contributed by atoms with Crippen molar-refractivity contribution in [2.24, 2.45) is 0 Å². The standard InChI is InChI=1S/C61H37NO/c1-2-18-45-43(16-1)44-17-3-4-19-46(44)54-36-41(29-32-47(45)54)62(40-15-13-14-38(34-40)39-28-31-53-52-23-8-12-27-59(52)63-60(53)35-39)42-30-33-51-50-22-7-11-26-57(50)61(58(51)37-42)55-24-9-5-20-48(55)49-21-6-10-25-56(49)61/h1-37H. The maximum absolute atomic E-state index is 6.39. The van der Waals surface area contributed by atoms with Crippen molar-refractivity contribution in [3.8, 4) is 33.4 Å². The summed E-state index contributed by atoms with van der Waals surface area (Å²) in [6.45, 7) is 0. The Labute approximate surface area is 364 Å². The van der Waals surface area contributed by atoms with Gasteiger partial charge in [0.2, 0.25) is 0 Å². The highest BCUT2D eigenvalue weighted by Crippen LogP contribution is 2.63. The minimum atomic E-state index is -0.455. The topological polar surface area (TPSA) is 16.4 Å². The van der Waals surface area contributed by atoms with E-state index in [1.165, 1.54) is 76.8 Å². The number of para-hydroxylation sites is 1. The van der Waals surface area contributed by atoms with Crippen LogP contribution >= 0.6 is 0 Å². The minimum Gasteiger partial charge on any atom is -0.456 e. The highest BCUT2D eigenvalue weighted by atomic mass is 16.3. The molecule has 0 bridgehead atoms. The number of furan rings is 1. The predicted octanol–water partition coefficient (Wildman–Crippen LogP) is 16.5. The van der Waals surface area contributed by atoms with Crippen molar-refractivity contribution in [2.75, 3.05) is 4.90 Å². The number of rotatable bonds is 4. The van der Waals surface area contributed by atoms with Crippen molar-refractivity contribution in [1.82, 2.24) is 0 Å². The summed E-state index contributed by atoms with van der Waals surface area (Å²) in [5.74, 6) is 0. The molecule has 0 atom stereocenters. The normalized spacial score (nSPS) is 13.2. The van der Waals surface area contributed by atoms with Gasteiger partial charge >= 0.3 is 0 Å². The third-order valence-corrected chi connectivity index (χ3v) is 14.0. The lowest BCUT2D eigenvalue weighted by atomic mass is 9.70. The largest absolute Gasteiger partial charge is 0.456 e. The van der Waals surface area contributed by atoms with Crippen LogP contribution in [0.1, 0.15) is 22.3 Å². The lowest BCUT2D eigenvalue weighted by Gasteiger charge is -2.32. The third-order valence-electron chi connectivity index (χ3n) is 14.0. The van der Waals surface area contributed by atoms with Gasteiger partial charge in [-0.15, -0.1) is 0 Å². The first-order valence-electron chi connectivity index (χ1n) is 21.8. The van der Waals surface area contributed by atoms with Gasteiger partial charge in [0.25, 0.3) is 0 Å². The molecule has 0 unspecified atom stereocenters. The number of benzene rings is 11. The zero-order valence-corrected chi connectivity index (χ0v) is 34.2. The fourth-order valence-electron chi connectivity index (χ4n) is 11.4. The van der Waals surface area contributed by atoms with E-state index in [0.717, 1.165) is 50.1 Å². The van der Waals surface area contributed by atoms with Crippen molar-refractivity contribution in [3.05, 3.63) is 247 Å². The predicted molar refractivity (Wildman–Crippen MR) is 263 cm³/mol. The summed E-state index contributed by atoms with van der Waals surface area (Å²) in [5, 5.41) is 9.82. The van der Waals surface area contributed by atoms with Crippen LogP contribution in [0.3, 0.4) is 0 Å². The Bertz CT molecular complexity index is 3790. The van der Waals surface area contributed by atoms with Crippen LogP contribution in [0.2, 0.25) is 0 Å². The van der Waals surface area contributed by atoms with Gasteiger partial charge in [0.1, 0.15) is 11.2 Å². The smallest absolute Gasteiger partial charge is 0.136 e. The fourth-order valence-corrected chi connectivity index (χ4v) is 11.4. The van der Waals surface area contributed by atoms with Crippen LogP contribution in [0.15, 0.2) is 229 Å². The maximum atomic E-state index is 6.39. The van der Waals surface area contributed by atoms with Crippen molar-refractivity contribution >= 4 is 71.3 Å². The van der Waals surface area contributed by atoms with Gasteiger partial charge in [-0.05, 0) is 143 Å². The van der Waals surface area contributed by atoms with Crippen molar-refractivity contribution in [1.29, 1.82) is 0 Å². The van der Waals surface area contributed by atoms with Gasteiger partial charge in [-0.1, -0.05) is 170 Å². The van der Waals surface area contributed by atoms with Gasteiger partial charge in [-0.3, -0.25) is 0 Å². The summed E-state index contributed by atoms with van der Waals surface area (Å²) in [6.07, 6.45) is 0. The van der Waals surface area contributed by atoms with Gasteiger partial charge in [0.05, 0.1) is 5.41 Å². The Kier molecular flexibility index (Phi) is 7.07. The molecule has 11 aromatic carbocycles. The first-order chi connectivity index (χ1) is 31.2. The van der Waals surface area contributed by atoms with Gasteiger partial charge in [0, 0.05) is 27.8 Å². The number of anilines is 3. The van der Waals surface area contributed by atoms with Crippen LogP contribution in [0, 0.1) is 0 Å². The fraction of sp³-hybridized carbons (Fsp3) is 0.0164. The number of hydrogen-bond donors (Lipinski definition) is 0. The summed E-state index contributed by atoms with van der Waals surface area (Å²) < 4.78 is 6.39. The molecule has 292 valence electrons. The summed E-state index contributed by atoms with van der Waals surface area (Å²) in [7, 11) is 0. The molecule has 2 aliphatic rings. The van der Waals surface area contributed by atoms with Crippen LogP contribution in [-0.2, 0) is 5.41 Å². The molecule has 0 N–H and O–H groups in total. The summed E-state index contributed by atoms with van der Waals surface area (Å²) in [4.78, 5) is 2.47. The SMILES string of the molecule is c1cc(-c2ccc3c(c2)oc2ccccc23)cc(N(c2ccc3c(c2)C2(c4ccccc4-c4ccccc42)c2ccccc2-3)c2ccc3c4ccccc4c4ccccc4c3c2)c1. The van der Waals surface area contributed by atoms with E-state index in [0.29, 0.717) is 0 Å². The van der Waals surface area contributed by atoms with E-state index in [4.69, 9.17) is 4.42 Å². The Morgan fingerprint density at radius 1 is 0.270 bits per heavy atom. The molecule has 0 radical (unpaired) electrons. The second-order valence-corrected chi connectivity index (χ2v) is 17.1. The average molecular weight is 800 g/mol. The summed E-state index contributed by atoms with van der Waals surface area (Å²) >= 11 is 0. The highest BCUT2D eigenvalue weighted by Gasteiger charge is 2.51. The quantitative estimate of drug-likeness (QED) is 0.165. The monoisotopic (exact) mass is 799 g/mol. The van der Waals surface area contributed by atoms with Crippen LogP contribution in [0.4, 0.5) is 17.1 Å². The van der Waals surface area contributed by atoms with Crippen LogP contribution in [-0.4, -0.2) is 0 Å². The van der Waals surface area contributed by atoms with Gasteiger partial charge in [-0.25, -0.2) is 0 Å². The molecule has 0 saturated carbocycles. The van der Waals surface area contributed by atoms with Crippen LogP contribution < -0.4 is 4.90 Å². The second kappa shape index (κ2) is 12.9. The van der Waals surface area contributed by atoms with E-state index in [1.807, 2.05) is 12.1 Å². The first kappa shape index (κ1) is 34.5. The van der Waals surface area contributed by atoms with Gasteiger partial charge < -0.3 is 9.32 Å². The van der Waals surface area contributed by atoms with E-state index in [2.05, 4.69) is 217 Å². The lowest BCUT2D eigenvalue weighted by Crippen LogP contribution is -2.26. The third kappa shape index (κ3) is 4.72. The Hall–Kier alpha value is -8.20. The molecule has 0 aliphatic heterocycles. The molecule has 12 aromatic rings. The molecule has 14 rings (SSSR count). The molecule has 1 spiro atoms. The first-order valence-corrected chi connectivity index (χ1v) is 21.8. The molecular weight excluding hydrogens is 763 g/mol. The molecule has 63 heavy (non-hydrogen) atoms. The number of hydrogen-bond acceptors (Lipinski definition) is 2. The number of fused-ring (bicyclic) bond motifs is 19. The van der Waals surface area contributed by atoms with Gasteiger partial charge in [0.15, 0.2) is 0 Å². The Balaban J connectivity index is 1.03. The van der Waals surface area contributed by atoms with Crippen molar-refractivity contribution < 1.29 is 4.42 Å². The zero-order valence-electron chi connectivity index (χ0n) is 34.2. The highest BCUT2D eigenvalue weighted by molar-refractivity contribution is 6.26. The Morgan fingerprint density at radius 3 is 1.40 bits per heavy atom. The molecule has 1 heterocycles. The number of nitrogens with zero attached hydrogens (tertiary/aromatic N) is 1. The average Bonchev–Trinajstić information content (AvgIpc) is 3.98. The molecule has 2 heteroatoms. The van der Waals surface area contributed by atoms with E-state index in [9.17, 15) is 0 Å². The van der Waals surface area contributed by atoms with E-state index < -0.39 is 5.41 Å². The molecule has 1 aromatic heterocycles. The molecule has 0 fully saturated rings. The summed E-state index contributed by atoms with van der Waals surface area (Å²) in [5.41, 5.74) is 17.4. The molecule has 0 amide bonds. The lowest BCUT2D eigenvalue weighted by molar-refractivity contribution is 0.669. The molecule has 2 aliphatic carbocycles. The van der Waals surface area contributed by atoms with E-state index in [-0.39, 0.29) is 0 Å². The van der Waals surface area contributed by atoms with E-state index in [1.54, 1.807) is 0 Å². The zero-order chi connectivity index (χ0) is 41.2. The molecule has 0 saturated heterocycles.